The summed E-state index contributed by atoms with van der Waals surface area (Å²) in [6.07, 6.45) is 1.80. The zero-order valence-corrected chi connectivity index (χ0v) is 16.4. The number of carbonyl (C=O) groups excluding carboxylic acids is 2. The number of nitrogens with zero attached hydrogens (tertiary/aromatic N) is 3. The van der Waals surface area contributed by atoms with Gasteiger partial charge in [0.2, 0.25) is 5.91 Å². The number of hydrogen-bond acceptors (Lipinski definition) is 5. The van der Waals surface area contributed by atoms with E-state index in [1.807, 2.05) is 17.0 Å². The van der Waals surface area contributed by atoms with Crippen LogP contribution in [-0.2, 0) is 4.79 Å². The summed E-state index contributed by atoms with van der Waals surface area (Å²) in [6, 6.07) is 8.97. The van der Waals surface area contributed by atoms with Crippen molar-refractivity contribution in [2.24, 2.45) is 0 Å². The van der Waals surface area contributed by atoms with Crippen LogP contribution >= 0.6 is 0 Å². The smallest absolute Gasteiger partial charge is 0.272 e. The van der Waals surface area contributed by atoms with Crippen LogP contribution in [0.15, 0.2) is 30.3 Å². The van der Waals surface area contributed by atoms with Gasteiger partial charge in [-0.25, -0.2) is 9.97 Å². The Bertz CT molecular complexity index is 801. The fourth-order valence-electron chi connectivity index (χ4n) is 2.78. The van der Waals surface area contributed by atoms with Gasteiger partial charge in [0, 0.05) is 37.5 Å². The van der Waals surface area contributed by atoms with E-state index in [2.05, 4.69) is 34.4 Å². The van der Waals surface area contributed by atoms with Crippen LogP contribution in [-0.4, -0.2) is 39.8 Å². The van der Waals surface area contributed by atoms with Crippen molar-refractivity contribution in [2.45, 2.75) is 40.5 Å². The van der Waals surface area contributed by atoms with Crippen LogP contribution in [0.2, 0.25) is 0 Å². The Morgan fingerprint density at radius 2 is 1.70 bits per heavy atom. The lowest BCUT2D eigenvalue weighted by molar-refractivity contribution is -0.114. The van der Waals surface area contributed by atoms with Crippen LogP contribution in [0.25, 0.3) is 0 Å². The minimum atomic E-state index is -0.134. The van der Waals surface area contributed by atoms with Crippen molar-refractivity contribution in [2.75, 3.05) is 23.7 Å². The number of anilines is 3. The quantitative estimate of drug-likeness (QED) is 0.740. The summed E-state index contributed by atoms with van der Waals surface area (Å²) in [7, 11) is 0. The van der Waals surface area contributed by atoms with Gasteiger partial charge in [0.05, 0.1) is 0 Å². The first-order valence-corrected chi connectivity index (χ1v) is 9.22. The molecular weight excluding hydrogens is 342 g/mol. The highest BCUT2D eigenvalue weighted by molar-refractivity contribution is 5.93. The molecule has 0 spiro atoms. The summed E-state index contributed by atoms with van der Waals surface area (Å²) in [4.78, 5) is 34.6. The third-order valence-corrected chi connectivity index (χ3v) is 3.79. The molecule has 0 aliphatic carbocycles. The van der Waals surface area contributed by atoms with E-state index in [-0.39, 0.29) is 11.8 Å². The molecule has 0 bridgehead atoms. The second kappa shape index (κ2) is 9.66. The van der Waals surface area contributed by atoms with E-state index in [1.54, 1.807) is 25.1 Å². The Balaban J connectivity index is 2.24. The molecule has 2 amide bonds. The van der Waals surface area contributed by atoms with Gasteiger partial charge in [0.15, 0.2) is 0 Å². The Labute approximate surface area is 160 Å². The predicted octanol–water partition coefficient (Wildman–Crippen LogP) is 3.75. The van der Waals surface area contributed by atoms with Crippen molar-refractivity contribution in [1.82, 2.24) is 14.9 Å². The molecule has 7 nitrogen and oxygen atoms in total. The van der Waals surface area contributed by atoms with Crippen molar-refractivity contribution in [1.29, 1.82) is 0 Å². The number of carbonyl (C=O) groups is 2. The Morgan fingerprint density at radius 1 is 1.04 bits per heavy atom. The van der Waals surface area contributed by atoms with Gasteiger partial charge in [-0.2, -0.15) is 0 Å². The summed E-state index contributed by atoms with van der Waals surface area (Å²) in [5.41, 5.74) is 1.83. The second-order valence-electron chi connectivity index (χ2n) is 6.36. The molecule has 0 radical (unpaired) electrons. The highest BCUT2D eigenvalue weighted by Crippen LogP contribution is 2.20. The van der Waals surface area contributed by atoms with Gasteiger partial charge < -0.3 is 15.5 Å². The molecule has 1 aromatic heterocycles. The van der Waals surface area contributed by atoms with Crippen molar-refractivity contribution in [3.05, 3.63) is 41.9 Å². The molecule has 0 aliphatic heterocycles. The maximum Gasteiger partial charge on any atom is 0.272 e. The van der Waals surface area contributed by atoms with Crippen molar-refractivity contribution >= 4 is 29.0 Å². The molecule has 1 heterocycles. The molecule has 1 aromatic carbocycles. The topological polar surface area (TPSA) is 87.2 Å². The molecule has 2 rings (SSSR count). The Hall–Kier alpha value is -2.96. The molecule has 0 aliphatic rings. The van der Waals surface area contributed by atoms with Gasteiger partial charge in [-0.3, -0.25) is 9.59 Å². The van der Waals surface area contributed by atoms with E-state index >= 15 is 0 Å². The number of nitrogens with one attached hydrogen (secondary N) is 2. The number of aromatic nitrogens is 2. The van der Waals surface area contributed by atoms with Crippen LogP contribution in [0, 0.1) is 6.92 Å². The van der Waals surface area contributed by atoms with E-state index in [0.717, 1.165) is 18.5 Å². The molecule has 0 atom stereocenters. The van der Waals surface area contributed by atoms with Gasteiger partial charge in [-0.05, 0) is 38.0 Å². The highest BCUT2D eigenvalue weighted by Gasteiger charge is 2.17. The predicted molar refractivity (Wildman–Crippen MR) is 107 cm³/mol. The van der Waals surface area contributed by atoms with Gasteiger partial charge in [0.1, 0.15) is 17.3 Å². The Kier molecular flexibility index (Phi) is 7.28. The third kappa shape index (κ3) is 6.06. The SMILES string of the molecule is CCCN(CCC)C(=O)c1cc(Nc2cccc(NC(C)=O)c2)nc(C)n1. The van der Waals surface area contributed by atoms with E-state index in [1.165, 1.54) is 6.92 Å². The molecule has 0 unspecified atom stereocenters. The molecule has 0 saturated heterocycles. The van der Waals surface area contributed by atoms with Gasteiger partial charge in [-0.1, -0.05) is 19.9 Å². The van der Waals surface area contributed by atoms with Crippen LogP contribution in [0.4, 0.5) is 17.2 Å². The summed E-state index contributed by atoms with van der Waals surface area (Å²) in [5.74, 6) is 0.845. The molecule has 144 valence electrons. The maximum atomic E-state index is 12.8. The van der Waals surface area contributed by atoms with Crippen LogP contribution in [0.1, 0.15) is 49.9 Å². The first-order chi connectivity index (χ1) is 12.9. The lowest BCUT2D eigenvalue weighted by Crippen LogP contribution is -2.33. The van der Waals surface area contributed by atoms with E-state index in [9.17, 15) is 9.59 Å². The van der Waals surface area contributed by atoms with Gasteiger partial charge in [0.25, 0.3) is 5.91 Å². The van der Waals surface area contributed by atoms with E-state index in [0.29, 0.717) is 36.1 Å². The normalized spacial score (nSPS) is 10.4. The monoisotopic (exact) mass is 369 g/mol. The zero-order valence-electron chi connectivity index (χ0n) is 16.4. The third-order valence-electron chi connectivity index (χ3n) is 3.79. The summed E-state index contributed by atoms with van der Waals surface area (Å²) in [6.45, 7) is 8.74. The second-order valence-corrected chi connectivity index (χ2v) is 6.36. The standard InChI is InChI=1S/C20H27N5O2/c1-5-10-25(11-6-2)20(27)18-13-19(22-14(3)21-18)24-17-9-7-8-16(12-17)23-15(4)26/h7-9,12-13H,5-6,10-11H2,1-4H3,(H,23,26)(H,21,22,24). The van der Waals surface area contributed by atoms with E-state index in [4.69, 9.17) is 0 Å². The fraction of sp³-hybridized carbons (Fsp3) is 0.400. The van der Waals surface area contributed by atoms with Gasteiger partial charge in [-0.15, -0.1) is 0 Å². The zero-order chi connectivity index (χ0) is 19.8. The van der Waals surface area contributed by atoms with Gasteiger partial charge >= 0.3 is 0 Å². The minimum absolute atomic E-state index is 0.0840. The van der Waals surface area contributed by atoms with Crippen molar-refractivity contribution in [3.8, 4) is 0 Å². The lowest BCUT2D eigenvalue weighted by Gasteiger charge is -2.21. The number of aryl methyl sites for hydroxylation is 1. The summed E-state index contributed by atoms with van der Waals surface area (Å²) >= 11 is 0. The minimum Gasteiger partial charge on any atom is -0.340 e. The van der Waals surface area contributed by atoms with Crippen LogP contribution in [0.5, 0.6) is 0 Å². The number of benzene rings is 1. The molecule has 7 heteroatoms. The highest BCUT2D eigenvalue weighted by atomic mass is 16.2. The van der Waals surface area contributed by atoms with Crippen LogP contribution < -0.4 is 10.6 Å². The summed E-state index contributed by atoms with van der Waals surface area (Å²) in [5, 5.41) is 5.93. The average molecular weight is 369 g/mol. The van der Waals surface area contributed by atoms with E-state index < -0.39 is 0 Å². The Morgan fingerprint density at radius 3 is 2.33 bits per heavy atom. The van der Waals surface area contributed by atoms with Crippen molar-refractivity contribution in [3.63, 3.8) is 0 Å². The molecule has 2 aromatic rings. The molecule has 27 heavy (non-hydrogen) atoms. The van der Waals surface area contributed by atoms with Crippen molar-refractivity contribution < 1.29 is 9.59 Å². The number of amides is 2. The lowest BCUT2D eigenvalue weighted by atomic mass is 10.2. The maximum absolute atomic E-state index is 12.8. The first-order valence-electron chi connectivity index (χ1n) is 9.22. The van der Waals surface area contributed by atoms with Crippen LogP contribution in [0.3, 0.4) is 0 Å². The summed E-state index contributed by atoms with van der Waals surface area (Å²) < 4.78 is 0. The fourth-order valence-corrected chi connectivity index (χ4v) is 2.78. The first kappa shape index (κ1) is 20.4. The molecule has 0 fully saturated rings. The number of rotatable bonds is 8. The molecule has 0 saturated carbocycles. The largest absolute Gasteiger partial charge is 0.340 e. The number of hydrogen-bond donors (Lipinski definition) is 2. The average Bonchev–Trinajstić information content (AvgIpc) is 2.60. The molecular formula is C20H27N5O2. The molecule has 2 N–H and O–H groups in total.